The molecule has 0 heterocycles. The highest BCUT2D eigenvalue weighted by Crippen LogP contribution is 2.20. The Bertz CT molecular complexity index is 497. The number of carbonyl (C=O) groups excluding carboxylic acids is 2. The molecule has 0 aliphatic rings. The van der Waals surface area contributed by atoms with Gasteiger partial charge in [0.15, 0.2) is 0 Å². The molecule has 1 aromatic rings. The van der Waals surface area contributed by atoms with E-state index in [2.05, 4.69) is 5.32 Å². The topological polar surface area (TPSA) is 58.6 Å². The summed E-state index contributed by atoms with van der Waals surface area (Å²) in [5, 5.41) is 3.08. The molecule has 5 nitrogen and oxygen atoms in total. The SMILES string of the molecule is CN(CC(=O)Nc1ccccc1Cl)C(=O)OC(C)(C)C. The zero-order chi connectivity index (χ0) is 15.3. The molecule has 2 amide bonds. The zero-order valence-electron chi connectivity index (χ0n) is 12.1. The van der Waals surface area contributed by atoms with Gasteiger partial charge in [0.05, 0.1) is 10.7 Å². The lowest BCUT2D eigenvalue weighted by atomic mass is 10.2. The van der Waals surface area contributed by atoms with Crippen LogP contribution in [0.15, 0.2) is 24.3 Å². The number of likely N-dealkylation sites (N-methyl/N-ethyl adjacent to an activating group) is 1. The quantitative estimate of drug-likeness (QED) is 0.932. The minimum absolute atomic E-state index is 0.111. The van der Waals surface area contributed by atoms with Crippen molar-refractivity contribution in [2.75, 3.05) is 18.9 Å². The summed E-state index contributed by atoms with van der Waals surface area (Å²) >= 11 is 5.93. The molecule has 0 aromatic heterocycles. The summed E-state index contributed by atoms with van der Waals surface area (Å²) in [6, 6.07) is 6.90. The number of benzene rings is 1. The van der Waals surface area contributed by atoms with Crippen molar-refractivity contribution in [1.29, 1.82) is 0 Å². The van der Waals surface area contributed by atoms with Gasteiger partial charge < -0.3 is 15.0 Å². The van der Waals surface area contributed by atoms with Crippen LogP contribution in [0.25, 0.3) is 0 Å². The van der Waals surface area contributed by atoms with Gasteiger partial charge >= 0.3 is 6.09 Å². The van der Waals surface area contributed by atoms with Gasteiger partial charge in [-0.1, -0.05) is 23.7 Å². The minimum Gasteiger partial charge on any atom is -0.444 e. The maximum absolute atomic E-state index is 11.8. The molecule has 0 saturated heterocycles. The lowest BCUT2D eigenvalue weighted by Crippen LogP contribution is -2.38. The first-order valence-electron chi connectivity index (χ1n) is 6.17. The van der Waals surface area contributed by atoms with Crippen molar-refractivity contribution in [3.63, 3.8) is 0 Å². The summed E-state index contributed by atoms with van der Waals surface area (Å²) in [6.07, 6.45) is -0.549. The molecule has 20 heavy (non-hydrogen) atoms. The molecular weight excluding hydrogens is 280 g/mol. The van der Waals surface area contributed by atoms with E-state index in [4.69, 9.17) is 16.3 Å². The fourth-order valence-electron chi connectivity index (χ4n) is 1.37. The summed E-state index contributed by atoms with van der Waals surface area (Å²) in [5.74, 6) is -0.341. The van der Waals surface area contributed by atoms with Crippen molar-refractivity contribution in [2.24, 2.45) is 0 Å². The van der Waals surface area contributed by atoms with E-state index >= 15 is 0 Å². The summed E-state index contributed by atoms with van der Waals surface area (Å²) in [6.45, 7) is 5.19. The van der Waals surface area contributed by atoms with Crippen LogP contribution >= 0.6 is 11.6 Å². The summed E-state index contributed by atoms with van der Waals surface area (Å²) in [5.41, 5.74) is -0.0818. The standard InChI is InChI=1S/C14H19ClN2O3/c1-14(2,3)20-13(19)17(4)9-12(18)16-11-8-6-5-7-10(11)15/h5-8H,9H2,1-4H3,(H,16,18). The van der Waals surface area contributed by atoms with E-state index in [0.29, 0.717) is 10.7 Å². The zero-order valence-corrected chi connectivity index (χ0v) is 12.8. The monoisotopic (exact) mass is 298 g/mol. The summed E-state index contributed by atoms with van der Waals surface area (Å²) < 4.78 is 5.16. The van der Waals surface area contributed by atoms with Gasteiger partial charge in [-0.3, -0.25) is 4.79 Å². The number of para-hydroxylation sites is 1. The summed E-state index contributed by atoms with van der Waals surface area (Å²) in [7, 11) is 1.50. The number of amides is 2. The van der Waals surface area contributed by atoms with Crippen LogP contribution in [0.4, 0.5) is 10.5 Å². The number of rotatable bonds is 3. The molecule has 0 aliphatic heterocycles. The molecule has 0 radical (unpaired) electrons. The fourth-order valence-corrected chi connectivity index (χ4v) is 1.56. The lowest BCUT2D eigenvalue weighted by molar-refractivity contribution is -0.117. The Morgan fingerprint density at radius 1 is 1.30 bits per heavy atom. The maximum atomic E-state index is 11.8. The number of anilines is 1. The predicted octanol–water partition coefficient (Wildman–Crippen LogP) is 3.15. The normalized spacial score (nSPS) is 10.8. The Morgan fingerprint density at radius 2 is 1.90 bits per heavy atom. The third kappa shape index (κ3) is 5.48. The van der Waals surface area contributed by atoms with Crippen LogP contribution in [0, 0.1) is 0 Å². The van der Waals surface area contributed by atoms with E-state index < -0.39 is 11.7 Å². The van der Waals surface area contributed by atoms with Crippen molar-refractivity contribution in [3.05, 3.63) is 29.3 Å². The number of halogens is 1. The second kappa shape index (κ2) is 6.61. The highest BCUT2D eigenvalue weighted by Gasteiger charge is 2.21. The largest absolute Gasteiger partial charge is 0.444 e. The Labute approximate surface area is 123 Å². The van der Waals surface area contributed by atoms with E-state index in [1.807, 2.05) is 0 Å². The van der Waals surface area contributed by atoms with Crippen LogP contribution in [0.5, 0.6) is 0 Å². The number of hydrogen-bond acceptors (Lipinski definition) is 3. The second-order valence-corrected chi connectivity index (χ2v) is 5.77. The average Bonchev–Trinajstić information content (AvgIpc) is 2.29. The first-order chi connectivity index (χ1) is 9.19. The van der Waals surface area contributed by atoms with E-state index in [1.54, 1.807) is 45.0 Å². The van der Waals surface area contributed by atoms with Crippen LogP contribution in [-0.4, -0.2) is 36.1 Å². The maximum Gasteiger partial charge on any atom is 0.410 e. The van der Waals surface area contributed by atoms with Crippen LogP contribution in [0.3, 0.4) is 0 Å². The summed E-state index contributed by atoms with van der Waals surface area (Å²) in [4.78, 5) is 24.7. The van der Waals surface area contributed by atoms with E-state index in [-0.39, 0.29) is 12.5 Å². The number of nitrogens with zero attached hydrogens (tertiary/aromatic N) is 1. The molecule has 1 aromatic carbocycles. The molecule has 0 fully saturated rings. The number of carbonyl (C=O) groups is 2. The molecule has 0 unspecified atom stereocenters. The van der Waals surface area contributed by atoms with Gasteiger partial charge in [0.1, 0.15) is 12.1 Å². The molecule has 0 aliphatic carbocycles. The van der Waals surface area contributed by atoms with Crippen LogP contribution in [0.1, 0.15) is 20.8 Å². The van der Waals surface area contributed by atoms with Crippen LogP contribution in [0.2, 0.25) is 5.02 Å². The molecule has 0 spiro atoms. The van der Waals surface area contributed by atoms with Gasteiger partial charge in [-0.2, -0.15) is 0 Å². The number of nitrogens with one attached hydrogen (secondary N) is 1. The van der Waals surface area contributed by atoms with E-state index in [0.717, 1.165) is 0 Å². The Morgan fingerprint density at radius 3 is 2.45 bits per heavy atom. The van der Waals surface area contributed by atoms with Crippen LogP contribution < -0.4 is 5.32 Å². The second-order valence-electron chi connectivity index (χ2n) is 5.36. The molecule has 0 atom stereocenters. The van der Waals surface area contributed by atoms with Gasteiger partial charge in [-0.25, -0.2) is 4.79 Å². The highest BCUT2D eigenvalue weighted by molar-refractivity contribution is 6.33. The molecular formula is C14H19ClN2O3. The number of hydrogen-bond donors (Lipinski definition) is 1. The number of ether oxygens (including phenoxy) is 1. The third-order valence-electron chi connectivity index (χ3n) is 2.23. The molecule has 6 heteroatoms. The first kappa shape index (κ1) is 16.3. The van der Waals surface area contributed by atoms with Crippen molar-refractivity contribution in [1.82, 2.24) is 4.90 Å². The third-order valence-corrected chi connectivity index (χ3v) is 2.56. The van der Waals surface area contributed by atoms with Gasteiger partial charge in [-0.15, -0.1) is 0 Å². The molecule has 0 bridgehead atoms. The first-order valence-corrected chi connectivity index (χ1v) is 6.55. The fraction of sp³-hybridized carbons (Fsp3) is 0.429. The van der Waals surface area contributed by atoms with Gasteiger partial charge in [0.25, 0.3) is 0 Å². The Balaban J connectivity index is 2.54. The minimum atomic E-state index is -0.593. The van der Waals surface area contributed by atoms with Crippen molar-refractivity contribution < 1.29 is 14.3 Å². The van der Waals surface area contributed by atoms with Gasteiger partial charge in [0.2, 0.25) is 5.91 Å². The smallest absolute Gasteiger partial charge is 0.410 e. The lowest BCUT2D eigenvalue weighted by Gasteiger charge is -2.24. The highest BCUT2D eigenvalue weighted by atomic mass is 35.5. The van der Waals surface area contributed by atoms with Crippen LogP contribution in [-0.2, 0) is 9.53 Å². The average molecular weight is 299 g/mol. The van der Waals surface area contributed by atoms with Gasteiger partial charge in [-0.05, 0) is 32.9 Å². The van der Waals surface area contributed by atoms with E-state index in [9.17, 15) is 9.59 Å². The van der Waals surface area contributed by atoms with E-state index in [1.165, 1.54) is 11.9 Å². The van der Waals surface area contributed by atoms with Crippen molar-refractivity contribution in [2.45, 2.75) is 26.4 Å². The van der Waals surface area contributed by atoms with Gasteiger partial charge in [0, 0.05) is 7.05 Å². The van der Waals surface area contributed by atoms with Crippen molar-refractivity contribution in [3.8, 4) is 0 Å². The Hall–Kier alpha value is -1.75. The predicted molar refractivity (Wildman–Crippen MR) is 78.9 cm³/mol. The van der Waals surface area contributed by atoms with Crippen molar-refractivity contribution >= 4 is 29.3 Å². The molecule has 0 saturated carbocycles. The molecule has 1 N–H and O–H groups in total. The molecule has 1 rings (SSSR count). The Kier molecular flexibility index (Phi) is 5.39. The molecule has 110 valence electrons.